The second-order valence-corrected chi connectivity index (χ2v) is 5.04. The highest BCUT2D eigenvalue weighted by Gasteiger charge is 2.08. The minimum atomic E-state index is 0.0636. The molecule has 1 unspecified atom stereocenters. The number of benzene rings is 1. The molecular weight excluding hydrogens is 254 g/mol. The fraction of sp³-hybridized carbons (Fsp3) is 0.500. The average molecular weight is 272 g/mol. The van der Waals surface area contributed by atoms with Crippen LogP contribution in [0.1, 0.15) is 32.3 Å². The predicted octanol–water partition coefficient (Wildman–Crippen LogP) is 3.30. The summed E-state index contributed by atoms with van der Waals surface area (Å²) in [5.74, 6) is 1.39. The van der Waals surface area contributed by atoms with Crippen molar-refractivity contribution < 1.29 is 4.74 Å². The molecule has 0 saturated carbocycles. The molecule has 0 fully saturated rings. The van der Waals surface area contributed by atoms with Gasteiger partial charge in [0.25, 0.3) is 0 Å². The first-order valence-corrected chi connectivity index (χ1v) is 5.98. The summed E-state index contributed by atoms with van der Waals surface area (Å²) in [7, 11) is 0. The van der Waals surface area contributed by atoms with Crippen molar-refractivity contribution >= 4 is 15.9 Å². The highest BCUT2D eigenvalue weighted by molar-refractivity contribution is 9.10. The zero-order valence-electron chi connectivity index (χ0n) is 9.46. The van der Waals surface area contributed by atoms with Gasteiger partial charge in [0, 0.05) is 10.5 Å². The van der Waals surface area contributed by atoms with Gasteiger partial charge in [0.2, 0.25) is 0 Å². The van der Waals surface area contributed by atoms with Crippen molar-refractivity contribution in [1.29, 1.82) is 0 Å². The van der Waals surface area contributed by atoms with Gasteiger partial charge in [-0.2, -0.15) is 0 Å². The fourth-order valence-corrected chi connectivity index (χ4v) is 1.70. The van der Waals surface area contributed by atoms with Crippen molar-refractivity contribution in [2.75, 3.05) is 6.61 Å². The molecule has 1 aromatic rings. The van der Waals surface area contributed by atoms with E-state index in [9.17, 15) is 0 Å². The Bertz CT molecular complexity index is 323. The smallest absolute Gasteiger partial charge is 0.122 e. The third-order valence-electron chi connectivity index (χ3n) is 2.10. The Kier molecular flexibility index (Phi) is 4.61. The van der Waals surface area contributed by atoms with Gasteiger partial charge in [-0.3, -0.25) is 0 Å². The van der Waals surface area contributed by atoms with Crippen molar-refractivity contribution in [2.45, 2.75) is 32.7 Å². The Morgan fingerprint density at radius 3 is 2.53 bits per heavy atom. The first-order chi connectivity index (χ1) is 7.00. The highest BCUT2D eigenvalue weighted by atomic mass is 79.9. The summed E-state index contributed by atoms with van der Waals surface area (Å²) in [6.07, 6.45) is 0. The Hall–Kier alpha value is -0.540. The summed E-state index contributed by atoms with van der Waals surface area (Å²) < 4.78 is 6.75. The molecule has 1 aromatic carbocycles. The molecule has 0 bridgehead atoms. The lowest BCUT2D eigenvalue weighted by molar-refractivity contribution is 0.292. The molecule has 15 heavy (non-hydrogen) atoms. The quantitative estimate of drug-likeness (QED) is 0.912. The van der Waals surface area contributed by atoms with E-state index in [0.29, 0.717) is 12.5 Å². The van der Waals surface area contributed by atoms with E-state index in [1.54, 1.807) is 0 Å². The third kappa shape index (κ3) is 3.84. The number of rotatable bonds is 4. The maximum Gasteiger partial charge on any atom is 0.122 e. The fourth-order valence-electron chi connectivity index (χ4n) is 1.32. The van der Waals surface area contributed by atoms with Crippen LogP contribution in [0.5, 0.6) is 5.75 Å². The Morgan fingerprint density at radius 2 is 2.00 bits per heavy atom. The van der Waals surface area contributed by atoms with Gasteiger partial charge in [0.15, 0.2) is 0 Å². The van der Waals surface area contributed by atoms with E-state index in [4.69, 9.17) is 10.5 Å². The van der Waals surface area contributed by atoms with Crippen molar-refractivity contribution in [3.63, 3.8) is 0 Å². The molecule has 0 aromatic heterocycles. The molecule has 0 saturated heterocycles. The highest BCUT2D eigenvalue weighted by Crippen LogP contribution is 2.29. The summed E-state index contributed by atoms with van der Waals surface area (Å²) in [5.41, 5.74) is 6.88. The molecule has 84 valence electrons. The molecule has 0 radical (unpaired) electrons. The van der Waals surface area contributed by atoms with Crippen LogP contribution in [0.4, 0.5) is 0 Å². The second kappa shape index (κ2) is 5.52. The number of hydrogen-bond acceptors (Lipinski definition) is 2. The average Bonchev–Trinajstić information content (AvgIpc) is 2.15. The van der Waals surface area contributed by atoms with E-state index in [-0.39, 0.29) is 6.04 Å². The van der Waals surface area contributed by atoms with Crippen LogP contribution in [0.2, 0.25) is 0 Å². The van der Waals surface area contributed by atoms with Crippen LogP contribution in [0.3, 0.4) is 0 Å². The maximum absolute atomic E-state index is 5.67. The van der Waals surface area contributed by atoms with Crippen LogP contribution in [-0.4, -0.2) is 12.6 Å². The van der Waals surface area contributed by atoms with E-state index >= 15 is 0 Å². The van der Waals surface area contributed by atoms with Crippen LogP contribution in [0.25, 0.3) is 0 Å². The first kappa shape index (κ1) is 12.5. The van der Waals surface area contributed by atoms with Crippen molar-refractivity contribution in [2.24, 2.45) is 5.73 Å². The van der Waals surface area contributed by atoms with Crippen LogP contribution < -0.4 is 10.5 Å². The molecule has 2 N–H and O–H groups in total. The van der Waals surface area contributed by atoms with Crippen molar-refractivity contribution in [3.8, 4) is 5.75 Å². The van der Waals surface area contributed by atoms with Gasteiger partial charge in [-0.1, -0.05) is 29.8 Å². The molecule has 3 heteroatoms. The third-order valence-corrected chi connectivity index (χ3v) is 2.59. The van der Waals surface area contributed by atoms with E-state index in [1.807, 2.05) is 19.1 Å². The molecular formula is C12H18BrNO. The topological polar surface area (TPSA) is 35.2 Å². The van der Waals surface area contributed by atoms with Gasteiger partial charge >= 0.3 is 0 Å². The van der Waals surface area contributed by atoms with E-state index in [0.717, 1.165) is 10.2 Å². The number of hydrogen-bond donors (Lipinski definition) is 1. The monoisotopic (exact) mass is 271 g/mol. The van der Waals surface area contributed by atoms with Crippen molar-refractivity contribution in [1.82, 2.24) is 0 Å². The number of ether oxygens (including phenoxy) is 1. The van der Waals surface area contributed by atoms with Crippen molar-refractivity contribution in [3.05, 3.63) is 28.2 Å². The molecule has 0 aliphatic rings. The summed E-state index contributed by atoms with van der Waals surface area (Å²) in [6, 6.07) is 6.14. The maximum atomic E-state index is 5.67. The van der Waals surface area contributed by atoms with E-state index < -0.39 is 0 Å². The predicted molar refractivity (Wildman–Crippen MR) is 67.4 cm³/mol. The van der Waals surface area contributed by atoms with Gasteiger partial charge in [-0.05, 0) is 36.6 Å². The molecule has 0 aliphatic heterocycles. The largest absolute Gasteiger partial charge is 0.492 e. The summed E-state index contributed by atoms with van der Waals surface area (Å²) in [4.78, 5) is 0. The van der Waals surface area contributed by atoms with Crippen LogP contribution >= 0.6 is 15.9 Å². The minimum absolute atomic E-state index is 0.0636. The Morgan fingerprint density at radius 1 is 1.33 bits per heavy atom. The zero-order valence-corrected chi connectivity index (χ0v) is 11.0. The molecule has 0 spiro atoms. The van der Waals surface area contributed by atoms with Gasteiger partial charge in [0.1, 0.15) is 12.4 Å². The van der Waals surface area contributed by atoms with Gasteiger partial charge in [-0.25, -0.2) is 0 Å². The molecule has 0 amide bonds. The standard InChI is InChI=1S/C12H18BrNO/c1-8(2)11-6-10(13)4-5-12(11)15-7-9(3)14/h4-6,8-9H,7,14H2,1-3H3. The zero-order chi connectivity index (χ0) is 11.4. The van der Waals surface area contributed by atoms with Crippen LogP contribution in [-0.2, 0) is 0 Å². The summed E-state index contributed by atoms with van der Waals surface area (Å²) >= 11 is 3.46. The summed E-state index contributed by atoms with van der Waals surface area (Å²) in [5, 5.41) is 0. The lowest BCUT2D eigenvalue weighted by atomic mass is 10.0. The number of nitrogens with two attached hydrogens (primary N) is 1. The van der Waals surface area contributed by atoms with Gasteiger partial charge in [0.05, 0.1) is 0 Å². The van der Waals surface area contributed by atoms with Gasteiger partial charge in [-0.15, -0.1) is 0 Å². The molecule has 0 heterocycles. The number of halogens is 1. The lowest BCUT2D eigenvalue weighted by Gasteiger charge is -2.15. The molecule has 1 atom stereocenters. The van der Waals surface area contributed by atoms with E-state index in [2.05, 4.69) is 35.8 Å². The van der Waals surface area contributed by atoms with Crippen LogP contribution in [0, 0.1) is 0 Å². The second-order valence-electron chi connectivity index (χ2n) is 4.13. The van der Waals surface area contributed by atoms with Gasteiger partial charge < -0.3 is 10.5 Å². The lowest BCUT2D eigenvalue weighted by Crippen LogP contribution is -2.24. The Balaban J connectivity index is 2.86. The SMILES string of the molecule is CC(N)COc1ccc(Br)cc1C(C)C. The minimum Gasteiger partial charge on any atom is -0.492 e. The molecule has 1 rings (SSSR count). The molecule has 2 nitrogen and oxygen atoms in total. The van der Waals surface area contributed by atoms with E-state index in [1.165, 1.54) is 5.56 Å². The molecule has 0 aliphatic carbocycles. The Labute approximate surface area is 99.9 Å². The normalized spacial score (nSPS) is 12.9. The summed E-state index contributed by atoms with van der Waals surface area (Å²) in [6.45, 7) is 6.80. The van der Waals surface area contributed by atoms with Crippen LogP contribution in [0.15, 0.2) is 22.7 Å². The first-order valence-electron chi connectivity index (χ1n) is 5.18.